The average molecular weight is 239 g/mol. The number of amides is 1. The van der Waals surface area contributed by atoms with Crippen LogP contribution in [0, 0.1) is 6.92 Å². The van der Waals surface area contributed by atoms with Gasteiger partial charge < -0.3 is 10.1 Å². The second-order valence-corrected chi connectivity index (χ2v) is 3.65. The fourth-order valence-corrected chi connectivity index (χ4v) is 1.48. The van der Waals surface area contributed by atoms with Crippen molar-refractivity contribution in [2.75, 3.05) is 14.2 Å². The van der Waals surface area contributed by atoms with Gasteiger partial charge in [0.1, 0.15) is 0 Å². The van der Waals surface area contributed by atoms with Gasteiger partial charge in [0.2, 0.25) is 5.91 Å². The molecule has 6 nitrogen and oxygen atoms in total. The lowest BCUT2D eigenvalue weighted by Gasteiger charge is -2.10. The topological polar surface area (TPSA) is 73.2 Å². The minimum absolute atomic E-state index is 0.0444. The molecule has 0 aliphatic heterocycles. The first-order valence-corrected chi connectivity index (χ1v) is 5.41. The third-order valence-electron chi connectivity index (χ3n) is 2.35. The van der Waals surface area contributed by atoms with E-state index in [1.807, 2.05) is 0 Å². The molecule has 0 radical (unpaired) electrons. The number of carbonyl (C=O) groups excluding carboxylic acids is 1. The molecule has 94 valence electrons. The molecule has 0 aromatic carbocycles. The molecule has 1 amide bonds. The van der Waals surface area contributed by atoms with Crippen LogP contribution in [-0.4, -0.2) is 29.6 Å². The summed E-state index contributed by atoms with van der Waals surface area (Å²) in [7, 11) is 3.05. The fraction of sp³-hybridized carbons (Fsp3) is 0.545. The summed E-state index contributed by atoms with van der Waals surface area (Å²) in [6.45, 7) is 2.15. The zero-order valence-corrected chi connectivity index (χ0v) is 10.3. The van der Waals surface area contributed by atoms with E-state index in [-0.39, 0.29) is 17.5 Å². The highest BCUT2D eigenvalue weighted by molar-refractivity contribution is 5.75. The Morgan fingerprint density at radius 3 is 2.88 bits per heavy atom. The van der Waals surface area contributed by atoms with E-state index in [1.54, 1.807) is 14.0 Å². The van der Waals surface area contributed by atoms with E-state index in [1.165, 1.54) is 17.7 Å². The van der Waals surface area contributed by atoms with Crippen molar-refractivity contribution >= 4 is 5.91 Å². The molecule has 0 aliphatic carbocycles. The second kappa shape index (κ2) is 6.03. The Bertz CT molecular complexity index is 454. The molecule has 0 atom stereocenters. The quantitative estimate of drug-likeness (QED) is 0.790. The highest BCUT2D eigenvalue weighted by Gasteiger charge is 2.07. The lowest BCUT2D eigenvalue weighted by atomic mass is 10.3. The first-order valence-electron chi connectivity index (χ1n) is 5.41. The Balaban J connectivity index is 2.76. The van der Waals surface area contributed by atoms with Gasteiger partial charge in [-0.25, -0.2) is 4.98 Å². The van der Waals surface area contributed by atoms with E-state index in [4.69, 9.17) is 4.74 Å². The SMILES string of the molecule is CNC(=O)CCCn1c(OC)nc(C)cc1=O. The van der Waals surface area contributed by atoms with E-state index in [9.17, 15) is 9.59 Å². The molecule has 1 rings (SSSR count). The van der Waals surface area contributed by atoms with Gasteiger partial charge >= 0.3 is 0 Å². The number of ether oxygens (including phenoxy) is 1. The van der Waals surface area contributed by atoms with E-state index in [2.05, 4.69) is 10.3 Å². The second-order valence-electron chi connectivity index (χ2n) is 3.65. The maximum absolute atomic E-state index is 11.7. The predicted octanol–water partition coefficient (Wildman–Crippen LogP) is 0.0865. The maximum Gasteiger partial charge on any atom is 0.299 e. The third kappa shape index (κ3) is 3.58. The number of hydrogen-bond donors (Lipinski definition) is 1. The van der Waals surface area contributed by atoms with Gasteiger partial charge in [-0.1, -0.05) is 0 Å². The molecule has 1 aromatic rings. The summed E-state index contributed by atoms with van der Waals surface area (Å²) in [4.78, 5) is 26.9. The molecule has 0 unspecified atom stereocenters. The van der Waals surface area contributed by atoms with E-state index in [0.717, 1.165) is 0 Å². The Morgan fingerprint density at radius 1 is 1.59 bits per heavy atom. The molecule has 0 saturated carbocycles. The lowest BCUT2D eigenvalue weighted by Crippen LogP contribution is -2.24. The van der Waals surface area contributed by atoms with Gasteiger partial charge in [-0.2, -0.15) is 0 Å². The predicted molar refractivity (Wildman–Crippen MR) is 63.1 cm³/mol. The standard InChI is InChI=1S/C11H17N3O3/c1-8-7-10(16)14(11(13-8)17-3)6-4-5-9(15)12-2/h7H,4-6H2,1-3H3,(H,12,15). The molecule has 17 heavy (non-hydrogen) atoms. The van der Waals surface area contributed by atoms with Crippen LogP contribution in [0.2, 0.25) is 0 Å². The third-order valence-corrected chi connectivity index (χ3v) is 2.35. The molecule has 1 aromatic heterocycles. The summed E-state index contributed by atoms with van der Waals surface area (Å²) >= 11 is 0. The maximum atomic E-state index is 11.7. The normalized spacial score (nSPS) is 10.1. The van der Waals surface area contributed by atoms with Gasteiger partial charge in [0, 0.05) is 31.8 Å². The van der Waals surface area contributed by atoms with Crippen LogP contribution in [0.25, 0.3) is 0 Å². The van der Waals surface area contributed by atoms with Crippen LogP contribution in [0.5, 0.6) is 6.01 Å². The number of aryl methyl sites for hydroxylation is 1. The Kier molecular flexibility index (Phi) is 4.68. The van der Waals surface area contributed by atoms with E-state index >= 15 is 0 Å². The minimum Gasteiger partial charge on any atom is -0.468 e. The molecular weight excluding hydrogens is 222 g/mol. The lowest BCUT2D eigenvalue weighted by molar-refractivity contribution is -0.120. The Morgan fingerprint density at radius 2 is 2.29 bits per heavy atom. The van der Waals surface area contributed by atoms with Gasteiger partial charge in [0.15, 0.2) is 0 Å². The highest BCUT2D eigenvalue weighted by Crippen LogP contribution is 2.05. The van der Waals surface area contributed by atoms with E-state index < -0.39 is 0 Å². The summed E-state index contributed by atoms with van der Waals surface area (Å²) in [5.74, 6) is -0.0444. The number of nitrogens with zero attached hydrogens (tertiary/aromatic N) is 2. The van der Waals surface area contributed by atoms with Crippen LogP contribution in [-0.2, 0) is 11.3 Å². The van der Waals surface area contributed by atoms with Gasteiger partial charge in [-0.3, -0.25) is 14.2 Å². The molecule has 0 fully saturated rings. The number of aromatic nitrogens is 2. The van der Waals surface area contributed by atoms with Crippen molar-refractivity contribution in [3.8, 4) is 6.01 Å². The van der Waals surface area contributed by atoms with Crippen molar-refractivity contribution in [3.05, 3.63) is 22.1 Å². The van der Waals surface area contributed by atoms with Crippen LogP contribution in [0.1, 0.15) is 18.5 Å². The summed E-state index contributed by atoms with van der Waals surface area (Å²) < 4.78 is 6.47. The van der Waals surface area contributed by atoms with Gasteiger partial charge in [-0.15, -0.1) is 0 Å². The summed E-state index contributed by atoms with van der Waals surface area (Å²) in [5, 5.41) is 2.53. The van der Waals surface area contributed by atoms with Crippen LogP contribution in [0.4, 0.5) is 0 Å². The highest BCUT2D eigenvalue weighted by atomic mass is 16.5. The number of nitrogens with one attached hydrogen (secondary N) is 1. The first kappa shape index (κ1) is 13.2. The van der Waals surface area contributed by atoms with Crippen LogP contribution in [0.3, 0.4) is 0 Å². The number of rotatable bonds is 5. The van der Waals surface area contributed by atoms with Crippen molar-refractivity contribution in [1.29, 1.82) is 0 Å². The molecule has 0 spiro atoms. The zero-order chi connectivity index (χ0) is 12.8. The van der Waals surface area contributed by atoms with Gasteiger partial charge in [0.25, 0.3) is 11.6 Å². The largest absolute Gasteiger partial charge is 0.468 e. The van der Waals surface area contributed by atoms with E-state index in [0.29, 0.717) is 25.1 Å². The number of methoxy groups -OCH3 is 1. The first-order chi connectivity index (χ1) is 8.08. The molecule has 0 bridgehead atoms. The molecule has 0 aliphatic rings. The van der Waals surface area contributed by atoms with Crippen LogP contribution >= 0.6 is 0 Å². The summed E-state index contributed by atoms with van der Waals surface area (Å²) in [6, 6.07) is 1.73. The van der Waals surface area contributed by atoms with Crippen molar-refractivity contribution in [2.24, 2.45) is 0 Å². The van der Waals surface area contributed by atoms with Crippen molar-refractivity contribution in [2.45, 2.75) is 26.3 Å². The molecular formula is C11H17N3O3. The average Bonchev–Trinajstić information content (AvgIpc) is 2.30. The summed E-state index contributed by atoms with van der Waals surface area (Å²) in [5.41, 5.74) is 0.459. The number of hydrogen-bond acceptors (Lipinski definition) is 4. The monoisotopic (exact) mass is 239 g/mol. The van der Waals surface area contributed by atoms with Crippen molar-refractivity contribution in [3.63, 3.8) is 0 Å². The van der Waals surface area contributed by atoms with Gasteiger partial charge in [0.05, 0.1) is 7.11 Å². The Labute approximate surface area is 99.6 Å². The minimum atomic E-state index is -0.161. The molecule has 1 N–H and O–H groups in total. The molecule has 0 saturated heterocycles. The summed E-state index contributed by atoms with van der Waals surface area (Å²) in [6.07, 6.45) is 0.945. The van der Waals surface area contributed by atoms with Gasteiger partial charge in [-0.05, 0) is 13.3 Å². The van der Waals surface area contributed by atoms with Crippen LogP contribution < -0.4 is 15.6 Å². The van der Waals surface area contributed by atoms with Crippen LogP contribution in [0.15, 0.2) is 10.9 Å². The van der Waals surface area contributed by atoms with Crippen molar-refractivity contribution in [1.82, 2.24) is 14.9 Å². The smallest absolute Gasteiger partial charge is 0.299 e. The number of carbonyl (C=O) groups is 1. The molecule has 6 heteroatoms. The molecule has 1 heterocycles. The zero-order valence-electron chi connectivity index (χ0n) is 10.3. The van der Waals surface area contributed by atoms with Crippen molar-refractivity contribution < 1.29 is 9.53 Å². The Hall–Kier alpha value is -1.85. The fourth-order valence-electron chi connectivity index (χ4n) is 1.48.